The molecule has 0 radical (unpaired) electrons. The lowest BCUT2D eigenvalue weighted by molar-refractivity contribution is -0.122. The smallest absolute Gasteiger partial charge is 0.140 e. The minimum Gasteiger partial charge on any atom is -0.300 e. The lowest BCUT2D eigenvalue weighted by Crippen LogP contribution is -2.36. The Hall–Kier alpha value is -5.95. The summed E-state index contributed by atoms with van der Waals surface area (Å²) in [7, 11) is 0. The van der Waals surface area contributed by atoms with Crippen molar-refractivity contribution >= 4 is 11.4 Å². The molecular weight excluding hydrogens is 560 g/mol. The monoisotopic (exact) mass is 594 g/mol. The number of nitriles is 2. The average molecular weight is 595 g/mol. The third kappa shape index (κ3) is 7.05. The third-order valence-corrected chi connectivity index (χ3v) is 8.51. The van der Waals surface area contributed by atoms with E-state index in [1.165, 1.54) is 0 Å². The predicted octanol–water partition coefficient (Wildman–Crippen LogP) is 9.15. The molecule has 0 bridgehead atoms. The van der Waals surface area contributed by atoms with E-state index in [1.54, 1.807) is 6.92 Å². The van der Waals surface area contributed by atoms with Crippen LogP contribution in [0.3, 0.4) is 0 Å². The van der Waals surface area contributed by atoms with E-state index in [4.69, 9.17) is 0 Å². The van der Waals surface area contributed by atoms with Crippen LogP contribution in [0.1, 0.15) is 47.1 Å². The number of carbonyl (C=O) groups is 1. The largest absolute Gasteiger partial charge is 0.300 e. The Morgan fingerprint density at radius 2 is 1.07 bits per heavy atom. The zero-order chi connectivity index (χ0) is 32.2. The Kier molecular flexibility index (Phi) is 10.4. The fourth-order valence-electron chi connectivity index (χ4n) is 6.22. The number of ketones is 1. The molecule has 0 aliphatic rings. The first kappa shape index (κ1) is 31.5. The maximum Gasteiger partial charge on any atom is 0.140 e. The van der Waals surface area contributed by atoms with Crippen molar-refractivity contribution in [1.82, 2.24) is 0 Å². The van der Waals surface area contributed by atoms with Crippen molar-refractivity contribution in [3.8, 4) is 24.0 Å². The Labute approximate surface area is 272 Å². The Balaban J connectivity index is 1.76. The second kappa shape index (κ2) is 15.2. The summed E-state index contributed by atoms with van der Waals surface area (Å²) in [5.41, 5.74) is 4.81. The molecular formula is C43H34N2O. The van der Waals surface area contributed by atoms with Crippen molar-refractivity contribution < 1.29 is 4.79 Å². The van der Waals surface area contributed by atoms with Crippen LogP contribution in [0.15, 0.2) is 158 Å². The zero-order valence-corrected chi connectivity index (χ0v) is 25.8. The van der Waals surface area contributed by atoms with Gasteiger partial charge in [-0.25, -0.2) is 0 Å². The summed E-state index contributed by atoms with van der Waals surface area (Å²) >= 11 is 0. The Morgan fingerprint density at radius 3 is 1.48 bits per heavy atom. The van der Waals surface area contributed by atoms with E-state index in [2.05, 4.69) is 48.2 Å². The van der Waals surface area contributed by atoms with Crippen LogP contribution >= 0.6 is 0 Å². The van der Waals surface area contributed by atoms with Gasteiger partial charge in [0, 0.05) is 11.8 Å². The van der Waals surface area contributed by atoms with Crippen LogP contribution in [-0.4, -0.2) is 5.78 Å². The predicted molar refractivity (Wildman–Crippen MR) is 184 cm³/mol. The summed E-state index contributed by atoms with van der Waals surface area (Å²) in [6.45, 7) is 1.56. The highest BCUT2D eigenvalue weighted by Gasteiger charge is 2.42. The third-order valence-electron chi connectivity index (χ3n) is 8.51. The summed E-state index contributed by atoms with van der Waals surface area (Å²) < 4.78 is 0. The Morgan fingerprint density at radius 1 is 0.652 bits per heavy atom. The number of carbonyl (C=O) groups excluding carboxylic acids is 1. The van der Waals surface area contributed by atoms with Crippen LogP contribution in [0, 0.1) is 46.3 Å². The fraction of sp³-hybridized carbons (Fsp3) is 0.140. The molecule has 5 aromatic rings. The van der Waals surface area contributed by atoms with Crippen LogP contribution in [0.5, 0.6) is 0 Å². The van der Waals surface area contributed by atoms with Crippen molar-refractivity contribution in [2.75, 3.05) is 0 Å². The van der Waals surface area contributed by atoms with Gasteiger partial charge in [-0.1, -0.05) is 164 Å². The molecule has 222 valence electrons. The molecule has 0 spiro atoms. The minimum absolute atomic E-state index is 0.0906. The first-order valence-electron chi connectivity index (χ1n) is 15.4. The molecule has 46 heavy (non-hydrogen) atoms. The van der Waals surface area contributed by atoms with E-state index in [-0.39, 0.29) is 12.2 Å². The van der Waals surface area contributed by atoms with E-state index in [1.807, 2.05) is 133 Å². The van der Waals surface area contributed by atoms with Gasteiger partial charge in [-0.3, -0.25) is 4.79 Å². The molecule has 5 aromatic carbocycles. The fourth-order valence-corrected chi connectivity index (χ4v) is 6.22. The van der Waals surface area contributed by atoms with Crippen molar-refractivity contribution in [2.24, 2.45) is 11.8 Å². The lowest BCUT2D eigenvalue weighted by Gasteiger charge is -2.36. The van der Waals surface area contributed by atoms with E-state index in [9.17, 15) is 15.3 Å². The maximum atomic E-state index is 13.7. The number of hydrogen-bond donors (Lipinski definition) is 0. The molecule has 3 heteroatoms. The van der Waals surface area contributed by atoms with E-state index in [0.29, 0.717) is 0 Å². The molecule has 0 saturated heterocycles. The molecule has 0 aromatic heterocycles. The second-order valence-electron chi connectivity index (χ2n) is 11.3. The van der Waals surface area contributed by atoms with Crippen LogP contribution in [-0.2, 0) is 10.2 Å². The zero-order valence-electron chi connectivity index (χ0n) is 25.8. The summed E-state index contributed by atoms with van der Waals surface area (Å²) in [4.78, 5) is 13.7. The van der Waals surface area contributed by atoms with Gasteiger partial charge in [0.05, 0.1) is 17.6 Å². The summed E-state index contributed by atoms with van der Waals surface area (Å²) in [6, 6.07) is 54.2. The first-order valence-corrected chi connectivity index (χ1v) is 15.4. The molecule has 3 nitrogen and oxygen atoms in total. The molecule has 0 N–H and O–H groups in total. The minimum atomic E-state index is -1.02. The SMILES string of the molecule is CC(=O)[C@@H](CC(C#CC=C(c1ccccc1)c1ccccc1)(c1ccccc1)c1ccccc1)[C@H](c1ccccc1)C(C#N)C#N. The molecule has 0 fully saturated rings. The van der Waals surface area contributed by atoms with Gasteiger partial charge < -0.3 is 0 Å². The van der Waals surface area contributed by atoms with Gasteiger partial charge in [-0.05, 0) is 52.8 Å². The molecule has 0 heterocycles. The topological polar surface area (TPSA) is 64.7 Å². The van der Waals surface area contributed by atoms with Gasteiger partial charge in [0.1, 0.15) is 11.7 Å². The van der Waals surface area contributed by atoms with Crippen molar-refractivity contribution in [2.45, 2.75) is 24.7 Å². The molecule has 0 aliphatic carbocycles. The number of allylic oxidation sites excluding steroid dienone is 1. The highest BCUT2D eigenvalue weighted by molar-refractivity contribution is 5.82. The van der Waals surface area contributed by atoms with Gasteiger partial charge in [-0.15, -0.1) is 0 Å². The van der Waals surface area contributed by atoms with Crippen molar-refractivity contribution in [3.05, 3.63) is 186 Å². The van der Waals surface area contributed by atoms with E-state index >= 15 is 0 Å². The molecule has 0 unspecified atom stereocenters. The Bertz CT molecular complexity index is 1810. The number of rotatable bonds is 10. The number of benzene rings is 5. The van der Waals surface area contributed by atoms with Gasteiger partial charge in [0.15, 0.2) is 0 Å². The number of Topliss-reactive ketones (excluding diaryl/α,β-unsaturated/α-hetero) is 1. The summed E-state index contributed by atoms with van der Waals surface area (Å²) in [6.07, 6.45) is 2.23. The van der Waals surface area contributed by atoms with Crippen molar-refractivity contribution in [1.29, 1.82) is 10.5 Å². The standard InChI is InChI=1S/C43H34N2O/c1-33(46)41(42(37(31-44)32-45)36-22-11-4-12-23-36)30-43(38-24-13-5-14-25-38,39-26-15-6-16-27-39)29-17-28-40(34-18-7-2-8-19-34)35-20-9-3-10-21-35/h2-16,18-28,37,41-42H,30H2,1H3/t41-,42-/m1/s1. The van der Waals surface area contributed by atoms with E-state index < -0.39 is 23.2 Å². The van der Waals surface area contributed by atoms with Crippen LogP contribution in [0.25, 0.3) is 5.57 Å². The van der Waals surface area contributed by atoms with Gasteiger partial charge >= 0.3 is 0 Å². The molecule has 0 amide bonds. The van der Waals surface area contributed by atoms with Gasteiger partial charge in [-0.2, -0.15) is 10.5 Å². The highest BCUT2D eigenvalue weighted by atomic mass is 16.1. The van der Waals surface area contributed by atoms with Crippen molar-refractivity contribution in [3.63, 3.8) is 0 Å². The van der Waals surface area contributed by atoms with Crippen LogP contribution in [0.4, 0.5) is 0 Å². The highest BCUT2D eigenvalue weighted by Crippen LogP contribution is 2.44. The summed E-state index contributed by atoms with van der Waals surface area (Å²) in [5, 5.41) is 20.2. The average Bonchev–Trinajstić information content (AvgIpc) is 3.12. The first-order chi connectivity index (χ1) is 22.6. The molecule has 2 atom stereocenters. The molecule has 0 aliphatic heterocycles. The van der Waals surface area contributed by atoms with Gasteiger partial charge in [0.25, 0.3) is 0 Å². The lowest BCUT2D eigenvalue weighted by atomic mass is 9.64. The number of nitrogens with zero attached hydrogens (tertiary/aromatic N) is 2. The second-order valence-corrected chi connectivity index (χ2v) is 11.3. The summed E-state index contributed by atoms with van der Waals surface area (Å²) in [5.74, 6) is 4.69. The number of hydrogen-bond acceptors (Lipinski definition) is 3. The normalized spacial score (nSPS) is 12.0. The maximum absolute atomic E-state index is 13.7. The van der Waals surface area contributed by atoms with Crippen LogP contribution in [0.2, 0.25) is 0 Å². The van der Waals surface area contributed by atoms with Gasteiger partial charge in [0.2, 0.25) is 0 Å². The van der Waals surface area contributed by atoms with Crippen LogP contribution < -0.4 is 0 Å². The van der Waals surface area contributed by atoms with E-state index in [0.717, 1.165) is 33.4 Å². The molecule has 5 rings (SSSR count). The molecule has 0 saturated carbocycles. The quantitative estimate of drug-likeness (QED) is 0.151.